The number of halogens is 3. The average Bonchev–Trinajstić information content (AvgIpc) is 2.53. The molecule has 1 heterocycles. The van der Waals surface area contributed by atoms with Crippen molar-refractivity contribution in [3.63, 3.8) is 0 Å². The summed E-state index contributed by atoms with van der Waals surface area (Å²) in [6.45, 7) is 1.13. The Morgan fingerprint density at radius 3 is 2.67 bits per heavy atom. The van der Waals surface area contributed by atoms with E-state index in [0.29, 0.717) is 19.6 Å². The van der Waals surface area contributed by atoms with Gasteiger partial charge in [0.15, 0.2) is 0 Å². The van der Waals surface area contributed by atoms with Gasteiger partial charge in [-0.05, 0) is 37.5 Å². The summed E-state index contributed by atoms with van der Waals surface area (Å²) in [5.74, 6) is -0.842. The van der Waals surface area contributed by atoms with E-state index in [0.717, 1.165) is 25.0 Å². The van der Waals surface area contributed by atoms with E-state index in [1.165, 1.54) is 12.1 Å². The fourth-order valence-electron chi connectivity index (χ4n) is 3.10. The number of carbonyl (C=O) groups is 1. The number of fused-ring (bicyclic) bond motifs is 1. The van der Waals surface area contributed by atoms with Crippen LogP contribution in [0.15, 0.2) is 24.3 Å². The van der Waals surface area contributed by atoms with Crippen molar-refractivity contribution in [3.05, 3.63) is 29.8 Å². The van der Waals surface area contributed by atoms with Gasteiger partial charge in [-0.25, -0.2) is 0 Å². The van der Waals surface area contributed by atoms with Crippen molar-refractivity contribution in [2.75, 3.05) is 13.2 Å². The van der Waals surface area contributed by atoms with E-state index in [1.807, 2.05) is 0 Å². The van der Waals surface area contributed by atoms with Crippen molar-refractivity contribution in [2.45, 2.75) is 43.9 Å². The molecular formula is C16H18F3NO4. The monoisotopic (exact) mass is 345 g/mol. The number of nitrogens with one attached hydrogen (secondary N) is 1. The largest absolute Gasteiger partial charge is 0.573 e. The Balaban J connectivity index is 1.59. The molecular weight excluding hydrogens is 327 g/mol. The molecule has 1 aliphatic heterocycles. The molecule has 1 aromatic rings. The summed E-state index contributed by atoms with van der Waals surface area (Å²) in [6, 6.07) is 4.94. The molecule has 1 aromatic carbocycles. The van der Waals surface area contributed by atoms with Gasteiger partial charge in [0.2, 0.25) is 0 Å². The van der Waals surface area contributed by atoms with E-state index in [2.05, 4.69) is 10.1 Å². The molecule has 1 saturated heterocycles. The zero-order chi connectivity index (χ0) is 17.2. The molecule has 3 atom stereocenters. The van der Waals surface area contributed by atoms with Gasteiger partial charge < -0.3 is 19.5 Å². The van der Waals surface area contributed by atoms with Gasteiger partial charge in [-0.2, -0.15) is 0 Å². The maximum atomic E-state index is 12.3. The molecule has 1 N–H and O–H groups in total. The molecule has 3 rings (SSSR count). The molecule has 8 heteroatoms. The fourth-order valence-corrected chi connectivity index (χ4v) is 3.10. The Kier molecular flexibility index (Phi) is 4.96. The minimum Gasteiger partial charge on any atom is -0.406 e. The lowest BCUT2D eigenvalue weighted by Gasteiger charge is -2.39. The second-order valence-electron chi connectivity index (χ2n) is 5.88. The molecule has 24 heavy (non-hydrogen) atoms. The highest BCUT2D eigenvalue weighted by Gasteiger charge is 2.35. The van der Waals surface area contributed by atoms with Crippen molar-refractivity contribution in [3.8, 4) is 5.75 Å². The van der Waals surface area contributed by atoms with Crippen molar-refractivity contribution in [1.29, 1.82) is 0 Å². The lowest BCUT2D eigenvalue weighted by Crippen LogP contribution is -2.49. The Labute approximate surface area is 137 Å². The number of amides is 1. The SMILES string of the molecule is O=C(NC1CCC2OCCOC2C1)c1cccc(OC(F)(F)F)c1. The Morgan fingerprint density at radius 2 is 1.92 bits per heavy atom. The van der Waals surface area contributed by atoms with Crippen LogP contribution in [0.5, 0.6) is 5.75 Å². The Bertz CT molecular complexity index is 593. The van der Waals surface area contributed by atoms with E-state index >= 15 is 0 Å². The highest BCUT2D eigenvalue weighted by molar-refractivity contribution is 5.94. The molecule has 2 aliphatic rings. The number of alkyl halides is 3. The molecule has 0 radical (unpaired) electrons. The van der Waals surface area contributed by atoms with Crippen molar-refractivity contribution >= 4 is 5.91 Å². The summed E-state index contributed by atoms with van der Waals surface area (Å²) < 4.78 is 51.9. The zero-order valence-corrected chi connectivity index (χ0v) is 12.8. The van der Waals surface area contributed by atoms with Crippen LogP contribution in [0.25, 0.3) is 0 Å². The third-order valence-corrected chi connectivity index (χ3v) is 4.14. The van der Waals surface area contributed by atoms with Gasteiger partial charge in [-0.15, -0.1) is 13.2 Å². The fraction of sp³-hybridized carbons (Fsp3) is 0.562. The molecule has 0 bridgehead atoms. The molecule has 0 spiro atoms. The molecule has 1 saturated carbocycles. The number of ether oxygens (including phenoxy) is 3. The first-order chi connectivity index (χ1) is 11.4. The van der Waals surface area contributed by atoms with Gasteiger partial charge in [-0.1, -0.05) is 6.07 Å². The van der Waals surface area contributed by atoms with Crippen molar-refractivity contribution < 1.29 is 32.2 Å². The molecule has 1 aliphatic carbocycles. The normalized spacial score (nSPS) is 27.2. The quantitative estimate of drug-likeness (QED) is 0.915. The number of rotatable bonds is 3. The molecule has 0 aromatic heterocycles. The van der Waals surface area contributed by atoms with Crippen LogP contribution >= 0.6 is 0 Å². The molecule has 5 nitrogen and oxygen atoms in total. The summed E-state index contributed by atoms with van der Waals surface area (Å²) in [4.78, 5) is 12.3. The lowest BCUT2D eigenvalue weighted by molar-refractivity contribution is -0.274. The third-order valence-electron chi connectivity index (χ3n) is 4.14. The van der Waals surface area contributed by atoms with E-state index in [1.54, 1.807) is 0 Å². The average molecular weight is 345 g/mol. The van der Waals surface area contributed by atoms with Gasteiger partial charge in [0.1, 0.15) is 5.75 Å². The van der Waals surface area contributed by atoms with Crippen molar-refractivity contribution in [1.82, 2.24) is 5.32 Å². The maximum Gasteiger partial charge on any atom is 0.573 e. The van der Waals surface area contributed by atoms with Gasteiger partial charge in [-0.3, -0.25) is 4.79 Å². The van der Waals surface area contributed by atoms with Gasteiger partial charge in [0, 0.05) is 11.6 Å². The van der Waals surface area contributed by atoms with Crippen LogP contribution in [-0.2, 0) is 9.47 Å². The highest BCUT2D eigenvalue weighted by atomic mass is 19.4. The topological polar surface area (TPSA) is 56.8 Å². The first-order valence-corrected chi connectivity index (χ1v) is 7.80. The van der Waals surface area contributed by atoms with E-state index in [9.17, 15) is 18.0 Å². The zero-order valence-electron chi connectivity index (χ0n) is 12.8. The molecule has 3 unspecified atom stereocenters. The van der Waals surface area contributed by atoms with Crippen LogP contribution in [0, 0.1) is 0 Å². The third kappa shape index (κ3) is 4.39. The van der Waals surface area contributed by atoms with Gasteiger partial charge in [0.25, 0.3) is 5.91 Å². The summed E-state index contributed by atoms with van der Waals surface area (Å²) in [6.07, 6.45) is -2.60. The standard InChI is InChI=1S/C16H18F3NO4/c17-16(18,19)24-12-3-1-2-10(8-12)15(21)20-11-4-5-13-14(9-11)23-7-6-22-13/h1-3,8,11,13-14H,4-7,9H2,(H,20,21). The maximum absolute atomic E-state index is 12.3. The summed E-state index contributed by atoms with van der Waals surface area (Å²) in [7, 11) is 0. The predicted molar refractivity (Wildman–Crippen MR) is 77.7 cm³/mol. The Hall–Kier alpha value is -1.80. The van der Waals surface area contributed by atoms with Crippen LogP contribution in [0.4, 0.5) is 13.2 Å². The number of benzene rings is 1. The first-order valence-electron chi connectivity index (χ1n) is 7.80. The summed E-state index contributed by atoms with van der Waals surface area (Å²) in [5.41, 5.74) is 0.125. The first kappa shape index (κ1) is 17.0. The Morgan fingerprint density at radius 1 is 1.17 bits per heavy atom. The van der Waals surface area contributed by atoms with E-state index < -0.39 is 18.0 Å². The van der Waals surface area contributed by atoms with Gasteiger partial charge in [0.05, 0.1) is 25.4 Å². The number of hydrogen-bond acceptors (Lipinski definition) is 4. The minimum absolute atomic E-state index is 0.0438. The van der Waals surface area contributed by atoms with Crippen LogP contribution < -0.4 is 10.1 Å². The smallest absolute Gasteiger partial charge is 0.406 e. The summed E-state index contributed by atoms with van der Waals surface area (Å²) >= 11 is 0. The van der Waals surface area contributed by atoms with Gasteiger partial charge >= 0.3 is 6.36 Å². The molecule has 1 amide bonds. The minimum atomic E-state index is -4.79. The van der Waals surface area contributed by atoms with E-state index in [4.69, 9.17) is 9.47 Å². The summed E-state index contributed by atoms with van der Waals surface area (Å²) in [5, 5.41) is 2.85. The van der Waals surface area contributed by atoms with Crippen LogP contribution in [0.2, 0.25) is 0 Å². The van der Waals surface area contributed by atoms with Crippen LogP contribution in [0.3, 0.4) is 0 Å². The van der Waals surface area contributed by atoms with Crippen LogP contribution in [0.1, 0.15) is 29.6 Å². The highest BCUT2D eigenvalue weighted by Crippen LogP contribution is 2.27. The molecule has 132 valence electrons. The second kappa shape index (κ2) is 6.98. The second-order valence-corrected chi connectivity index (χ2v) is 5.88. The predicted octanol–water partition coefficient (Wildman–Crippen LogP) is 2.65. The van der Waals surface area contributed by atoms with E-state index in [-0.39, 0.29) is 23.8 Å². The number of hydrogen-bond donors (Lipinski definition) is 1. The molecule has 2 fully saturated rings. The lowest BCUT2D eigenvalue weighted by atomic mass is 9.89. The number of carbonyl (C=O) groups excluding carboxylic acids is 1. The van der Waals surface area contributed by atoms with Crippen molar-refractivity contribution in [2.24, 2.45) is 0 Å². The van der Waals surface area contributed by atoms with Crippen LogP contribution in [-0.4, -0.2) is 43.7 Å².